The van der Waals surface area contributed by atoms with Crippen LogP contribution in [-0.2, 0) is 21.3 Å². The van der Waals surface area contributed by atoms with Crippen LogP contribution in [0.1, 0.15) is 11.1 Å². The Hall–Kier alpha value is -2.39. The van der Waals surface area contributed by atoms with Gasteiger partial charge in [-0.1, -0.05) is 0 Å². The molecule has 9 heteroatoms. The molecular weight excluding hydrogens is 300 g/mol. The van der Waals surface area contributed by atoms with E-state index in [1.807, 2.05) is 0 Å². The lowest BCUT2D eigenvalue weighted by Gasteiger charge is -2.09. The summed E-state index contributed by atoms with van der Waals surface area (Å²) in [7, 11) is -4.52. The average Bonchev–Trinajstić information content (AvgIpc) is 2.32. The maximum absolute atomic E-state index is 11.8. The summed E-state index contributed by atoms with van der Waals surface area (Å²) in [6.45, 7) is 1.52. The van der Waals surface area contributed by atoms with Crippen LogP contribution in [0.3, 0.4) is 0 Å². The van der Waals surface area contributed by atoms with E-state index in [1.54, 1.807) is 0 Å². The number of hydrogen-bond acceptors (Lipinski definition) is 6. The second kappa shape index (κ2) is 4.86. The van der Waals surface area contributed by atoms with Crippen molar-refractivity contribution in [2.24, 2.45) is 5.73 Å². The van der Waals surface area contributed by atoms with Crippen LogP contribution in [0.25, 0.3) is 11.0 Å². The van der Waals surface area contributed by atoms with Crippen molar-refractivity contribution < 1.29 is 22.2 Å². The maximum atomic E-state index is 11.8. The summed E-state index contributed by atoms with van der Waals surface area (Å²) < 4.78 is 36.6. The summed E-state index contributed by atoms with van der Waals surface area (Å²) in [6, 6.07) is 2.21. The molecule has 0 aliphatic carbocycles. The van der Waals surface area contributed by atoms with Crippen LogP contribution in [0.5, 0.6) is 0 Å². The van der Waals surface area contributed by atoms with Gasteiger partial charge in [-0.2, -0.15) is 8.42 Å². The van der Waals surface area contributed by atoms with Gasteiger partial charge in [-0.3, -0.25) is 9.35 Å². The van der Waals surface area contributed by atoms with Crippen molar-refractivity contribution in [3.8, 4) is 0 Å². The van der Waals surface area contributed by atoms with E-state index in [-0.39, 0.29) is 28.6 Å². The molecule has 0 spiro atoms. The zero-order chi connectivity index (χ0) is 15.9. The summed E-state index contributed by atoms with van der Waals surface area (Å²) in [4.78, 5) is 22.3. The maximum Gasteiger partial charge on any atom is 0.340 e. The Morgan fingerprint density at radius 2 is 2.00 bits per heavy atom. The average molecular weight is 312 g/mol. The minimum atomic E-state index is -4.52. The third kappa shape index (κ3) is 2.73. The van der Waals surface area contributed by atoms with Crippen LogP contribution >= 0.6 is 0 Å². The van der Waals surface area contributed by atoms with Crippen LogP contribution < -0.4 is 17.1 Å². The zero-order valence-corrected chi connectivity index (χ0v) is 11.7. The monoisotopic (exact) mass is 312 g/mol. The lowest BCUT2D eigenvalue weighted by molar-refractivity contribution is -0.117. The molecule has 0 bridgehead atoms. The number of nitrogens with two attached hydrogens (primary N) is 2. The minimum Gasteiger partial charge on any atom is -0.422 e. The van der Waals surface area contributed by atoms with Crippen molar-refractivity contribution in [3.05, 3.63) is 33.7 Å². The largest absolute Gasteiger partial charge is 0.422 e. The molecule has 1 amide bonds. The molecular formula is C12H12N2O6S. The Labute approximate surface area is 119 Å². The number of anilines is 1. The molecule has 5 N–H and O–H groups in total. The third-order valence-corrected chi connectivity index (χ3v) is 3.96. The minimum absolute atomic E-state index is 0.0288. The normalized spacial score (nSPS) is 11.7. The van der Waals surface area contributed by atoms with E-state index in [0.717, 1.165) is 12.1 Å². The molecule has 0 unspecified atom stereocenters. The molecule has 1 heterocycles. The van der Waals surface area contributed by atoms with Gasteiger partial charge in [-0.25, -0.2) is 4.79 Å². The number of rotatable bonds is 3. The first-order chi connectivity index (χ1) is 9.61. The zero-order valence-electron chi connectivity index (χ0n) is 10.9. The lowest BCUT2D eigenvalue weighted by atomic mass is 10.0. The van der Waals surface area contributed by atoms with Crippen molar-refractivity contribution in [2.75, 3.05) is 5.73 Å². The quantitative estimate of drug-likeness (QED) is 0.408. The van der Waals surface area contributed by atoms with Crippen molar-refractivity contribution in [3.63, 3.8) is 0 Å². The summed E-state index contributed by atoms with van der Waals surface area (Å²) in [5.41, 5.74) is 9.98. The van der Waals surface area contributed by atoms with Gasteiger partial charge in [0.1, 0.15) is 10.5 Å². The summed E-state index contributed by atoms with van der Waals surface area (Å²) in [5.74, 6) is -0.727. The Bertz CT molecular complexity index is 913. The summed E-state index contributed by atoms with van der Waals surface area (Å²) in [5, 5.41) is 0.243. The topological polar surface area (TPSA) is 154 Å². The first-order valence-corrected chi connectivity index (χ1v) is 7.17. The molecule has 1 aromatic heterocycles. The van der Waals surface area contributed by atoms with E-state index >= 15 is 0 Å². The van der Waals surface area contributed by atoms with Crippen LogP contribution in [0.15, 0.2) is 26.2 Å². The molecule has 0 saturated heterocycles. The molecule has 0 aliphatic heterocycles. The molecule has 0 atom stereocenters. The Balaban J connectivity index is 2.88. The third-order valence-electron chi connectivity index (χ3n) is 3.05. The molecule has 0 fully saturated rings. The number of fused-ring (bicyclic) bond motifs is 1. The van der Waals surface area contributed by atoms with Crippen LogP contribution in [-0.4, -0.2) is 18.9 Å². The second-order valence-electron chi connectivity index (χ2n) is 4.50. The molecule has 112 valence electrons. The van der Waals surface area contributed by atoms with Gasteiger partial charge in [0.15, 0.2) is 0 Å². The Morgan fingerprint density at radius 3 is 2.52 bits per heavy atom. The molecule has 1 aromatic carbocycles. The van der Waals surface area contributed by atoms with Crippen LogP contribution in [0.2, 0.25) is 0 Å². The summed E-state index contributed by atoms with van der Waals surface area (Å²) in [6.07, 6.45) is -0.338. The van der Waals surface area contributed by atoms with Gasteiger partial charge in [0, 0.05) is 11.5 Å². The number of amides is 1. The Morgan fingerprint density at radius 1 is 1.38 bits per heavy atom. The number of carbonyl (C=O) groups is 1. The van der Waals surface area contributed by atoms with E-state index in [9.17, 15) is 18.0 Å². The number of hydrogen-bond donors (Lipinski definition) is 3. The highest BCUT2D eigenvalue weighted by Gasteiger charge is 2.19. The van der Waals surface area contributed by atoms with E-state index in [2.05, 4.69) is 0 Å². The smallest absolute Gasteiger partial charge is 0.340 e. The van der Waals surface area contributed by atoms with E-state index in [1.165, 1.54) is 6.92 Å². The molecule has 0 radical (unpaired) electrons. The first-order valence-electron chi connectivity index (χ1n) is 5.73. The molecule has 2 aromatic rings. The van der Waals surface area contributed by atoms with Crippen LogP contribution in [0, 0.1) is 6.92 Å². The predicted molar refractivity (Wildman–Crippen MR) is 74.3 cm³/mol. The Kier molecular flexibility index (Phi) is 3.47. The van der Waals surface area contributed by atoms with Gasteiger partial charge >= 0.3 is 5.63 Å². The fraction of sp³-hybridized carbons (Fsp3) is 0.167. The summed E-state index contributed by atoms with van der Waals surface area (Å²) >= 11 is 0. The van der Waals surface area contributed by atoms with Crippen molar-refractivity contribution >= 4 is 32.7 Å². The van der Waals surface area contributed by atoms with E-state index in [4.69, 9.17) is 20.4 Å². The number of primary amides is 1. The predicted octanol–water partition coefficient (Wildman–Crippen LogP) is -0.0419. The van der Waals surface area contributed by atoms with Gasteiger partial charge < -0.3 is 15.9 Å². The number of benzene rings is 1. The number of aryl methyl sites for hydroxylation is 1. The highest BCUT2D eigenvalue weighted by atomic mass is 32.2. The SMILES string of the molecule is Cc1c(CC(N)=O)c(=O)oc2cc(N)c(S(=O)(=O)O)cc12. The van der Waals surface area contributed by atoms with Gasteiger partial charge in [-0.15, -0.1) is 0 Å². The fourth-order valence-corrected chi connectivity index (χ4v) is 2.66. The van der Waals surface area contributed by atoms with E-state index in [0.29, 0.717) is 5.56 Å². The lowest BCUT2D eigenvalue weighted by Crippen LogP contribution is -2.20. The van der Waals surface area contributed by atoms with Gasteiger partial charge in [0.2, 0.25) is 5.91 Å². The number of carbonyl (C=O) groups excluding carboxylic acids is 1. The molecule has 8 nitrogen and oxygen atoms in total. The molecule has 0 aliphatic rings. The fourth-order valence-electron chi connectivity index (χ4n) is 2.03. The standard InChI is InChI=1S/C12H12N2O6S/c1-5-6-2-10(21(17,18)19)8(13)4-9(6)20-12(16)7(5)3-11(14)15/h2,4H,3,13H2,1H3,(H2,14,15)(H,17,18,19). The van der Waals surface area contributed by atoms with Crippen molar-refractivity contribution in [1.82, 2.24) is 0 Å². The van der Waals surface area contributed by atoms with Crippen molar-refractivity contribution in [1.29, 1.82) is 0 Å². The van der Waals surface area contributed by atoms with Gasteiger partial charge in [-0.05, 0) is 18.6 Å². The van der Waals surface area contributed by atoms with Gasteiger partial charge in [0.05, 0.1) is 17.7 Å². The molecule has 0 saturated carbocycles. The van der Waals surface area contributed by atoms with Gasteiger partial charge in [0.25, 0.3) is 10.1 Å². The van der Waals surface area contributed by atoms with Crippen LogP contribution in [0.4, 0.5) is 5.69 Å². The highest BCUT2D eigenvalue weighted by Crippen LogP contribution is 2.28. The van der Waals surface area contributed by atoms with Crippen molar-refractivity contribution in [2.45, 2.75) is 18.2 Å². The number of nitrogen functional groups attached to an aromatic ring is 1. The molecule has 2 rings (SSSR count). The highest BCUT2D eigenvalue weighted by molar-refractivity contribution is 7.86. The van der Waals surface area contributed by atoms with E-state index < -0.39 is 26.5 Å². The second-order valence-corrected chi connectivity index (χ2v) is 5.89. The first kappa shape index (κ1) is 15.0. The molecule has 21 heavy (non-hydrogen) atoms.